The number of hydrogen-bond acceptors (Lipinski definition) is 4. The van der Waals surface area contributed by atoms with Gasteiger partial charge in [-0.3, -0.25) is 9.97 Å². The molecule has 1 aromatic heterocycles. The van der Waals surface area contributed by atoms with Gasteiger partial charge in [0.15, 0.2) is 0 Å². The van der Waals surface area contributed by atoms with E-state index in [-0.39, 0.29) is 0 Å². The Bertz CT molecular complexity index is 366. The first-order chi connectivity index (χ1) is 9.13. The molecule has 0 unspecified atom stereocenters. The van der Waals surface area contributed by atoms with E-state index in [0.717, 1.165) is 23.9 Å². The normalized spacial score (nSPS) is 18.1. The SMILES string of the molecule is Cc1cnc(CNC2CCN(CC(C)C)CC2)cn1. The average molecular weight is 262 g/mol. The first-order valence-electron chi connectivity index (χ1n) is 7.36. The van der Waals surface area contributed by atoms with Crippen molar-refractivity contribution in [1.29, 1.82) is 0 Å². The molecule has 0 bridgehead atoms. The lowest BCUT2D eigenvalue weighted by Crippen LogP contribution is -2.43. The van der Waals surface area contributed by atoms with Crippen LogP contribution in [0, 0.1) is 12.8 Å². The summed E-state index contributed by atoms with van der Waals surface area (Å²) in [5.74, 6) is 0.771. The van der Waals surface area contributed by atoms with Crippen molar-refractivity contribution in [2.24, 2.45) is 5.92 Å². The Labute approximate surface area is 116 Å². The van der Waals surface area contributed by atoms with E-state index in [1.807, 2.05) is 19.3 Å². The van der Waals surface area contributed by atoms with Crippen LogP contribution in [-0.2, 0) is 6.54 Å². The van der Waals surface area contributed by atoms with Crippen molar-refractivity contribution in [3.63, 3.8) is 0 Å². The second-order valence-electron chi connectivity index (χ2n) is 6.00. The van der Waals surface area contributed by atoms with Crippen molar-refractivity contribution < 1.29 is 0 Å². The molecule has 19 heavy (non-hydrogen) atoms. The number of aryl methyl sites for hydroxylation is 1. The highest BCUT2D eigenvalue weighted by atomic mass is 15.1. The van der Waals surface area contributed by atoms with Crippen LogP contribution in [0.2, 0.25) is 0 Å². The second kappa shape index (κ2) is 6.96. The number of nitrogens with zero attached hydrogens (tertiary/aromatic N) is 3. The molecule has 106 valence electrons. The van der Waals surface area contributed by atoms with Gasteiger partial charge in [0.25, 0.3) is 0 Å². The van der Waals surface area contributed by atoms with E-state index in [0.29, 0.717) is 6.04 Å². The number of nitrogens with one attached hydrogen (secondary N) is 1. The summed E-state index contributed by atoms with van der Waals surface area (Å²) in [5.41, 5.74) is 2.01. The fourth-order valence-electron chi connectivity index (χ4n) is 2.60. The van der Waals surface area contributed by atoms with Gasteiger partial charge in [0.05, 0.1) is 11.4 Å². The summed E-state index contributed by atoms with van der Waals surface area (Å²) in [6.45, 7) is 11.1. The molecular formula is C15H26N4. The van der Waals surface area contributed by atoms with Crippen LogP contribution < -0.4 is 5.32 Å². The Morgan fingerprint density at radius 1 is 1.26 bits per heavy atom. The van der Waals surface area contributed by atoms with E-state index in [1.165, 1.54) is 32.5 Å². The highest BCUT2D eigenvalue weighted by molar-refractivity contribution is 5.00. The van der Waals surface area contributed by atoms with Crippen LogP contribution in [0.4, 0.5) is 0 Å². The van der Waals surface area contributed by atoms with Gasteiger partial charge in [0, 0.05) is 31.5 Å². The van der Waals surface area contributed by atoms with E-state index < -0.39 is 0 Å². The first kappa shape index (κ1) is 14.4. The van der Waals surface area contributed by atoms with Crippen LogP contribution in [0.25, 0.3) is 0 Å². The topological polar surface area (TPSA) is 41.1 Å². The summed E-state index contributed by atoms with van der Waals surface area (Å²) in [6.07, 6.45) is 6.19. The maximum absolute atomic E-state index is 4.38. The van der Waals surface area contributed by atoms with E-state index in [9.17, 15) is 0 Å². The van der Waals surface area contributed by atoms with Crippen LogP contribution in [0.15, 0.2) is 12.4 Å². The van der Waals surface area contributed by atoms with Gasteiger partial charge in [0.1, 0.15) is 0 Å². The van der Waals surface area contributed by atoms with Crippen LogP contribution in [0.5, 0.6) is 0 Å². The molecule has 1 fully saturated rings. The van der Waals surface area contributed by atoms with Gasteiger partial charge in [-0.15, -0.1) is 0 Å². The average Bonchev–Trinajstić information content (AvgIpc) is 2.39. The fraction of sp³-hybridized carbons (Fsp3) is 0.733. The second-order valence-corrected chi connectivity index (χ2v) is 6.00. The molecule has 1 aromatic rings. The summed E-state index contributed by atoms with van der Waals surface area (Å²) in [5, 5.41) is 3.60. The fourth-order valence-corrected chi connectivity index (χ4v) is 2.60. The Morgan fingerprint density at radius 2 is 2.00 bits per heavy atom. The molecule has 4 heteroatoms. The van der Waals surface area contributed by atoms with Crippen LogP contribution in [-0.4, -0.2) is 40.5 Å². The zero-order chi connectivity index (χ0) is 13.7. The highest BCUT2D eigenvalue weighted by Gasteiger charge is 2.19. The van der Waals surface area contributed by atoms with Crippen molar-refractivity contribution in [2.75, 3.05) is 19.6 Å². The number of rotatable bonds is 5. The first-order valence-corrected chi connectivity index (χ1v) is 7.36. The lowest BCUT2D eigenvalue weighted by molar-refractivity contribution is 0.179. The molecule has 2 rings (SSSR count). The van der Waals surface area contributed by atoms with E-state index in [4.69, 9.17) is 0 Å². The van der Waals surface area contributed by atoms with E-state index in [1.54, 1.807) is 0 Å². The predicted octanol–water partition coefficient (Wildman–Crippen LogP) is 2.00. The Kier molecular flexibility index (Phi) is 5.28. The molecule has 0 spiro atoms. The van der Waals surface area contributed by atoms with Gasteiger partial charge >= 0.3 is 0 Å². The van der Waals surface area contributed by atoms with Gasteiger partial charge in [0.2, 0.25) is 0 Å². The van der Waals surface area contributed by atoms with Crippen molar-refractivity contribution in [2.45, 2.75) is 46.2 Å². The standard InChI is InChI=1S/C15H26N4/c1-12(2)11-19-6-4-14(5-7-19)18-10-15-9-16-13(3)8-17-15/h8-9,12,14,18H,4-7,10-11H2,1-3H3. The third-order valence-electron chi connectivity index (χ3n) is 3.62. The largest absolute Gasteiger partial charge is 0.308 e. The minimum atomic E-state index is 0.631. The van der Waals surface area contributed by atoms with Gasteiger partial charge in [-0.25, -0.2) is 0 Å². The van der Waals surface area contributed by atoms with E-state index in [2.05, 4.69) is 34.0 Å². The Hall–Kier alpha value is -1.00. The van der Waals surface area contributed by atoms with Crippen molar-refractivity contribution in [3.05, 3.63) is 23.8 Å². The van der Waals surface area contributed by atoms with Crippen molar-refractivity contribution in [3.8, 4) is 0 Å². The zero-order valence-corrected chi connectivity index (χ0v) is 12.4. The van der Waals surface area contributed by atoms with Gasteiger partial charge in [-0.1, -0.05) is 13.8 Å². The maximum atomic E-state index is 4.38. The smallest absolute Gasteiger partial charge is 0.0724 e. The highest BCUT2D eigenvalue weighted by Crippen LogP contribution is 2.12. The summed E-state index contributed by atoms with van der Waals surface area (Å²) in [7, 11) is 0. The molecule has 0 atom stereocenters. The Balaban J connectivity index is 1.69. The molecule has 0 saturated carbocycles. The van der Waals surface area contributed by atoms with Gasteiger partial charge < -0.3 is 10.2 Å². The van der Waals surface area contributed by atoms with Crippen molar-refractivity contribution in [1.82, 2.24) is 20.2 Å². The minimum absolute atomic E-state index is 0.631. The van der Waals surface area contributed by atoms with Gasteiger partial charge in [-0.05, 0) is 38.8 Å². The summed E-state index contributed by atoms with van der Waals surface area (Å²) < 4.78 is 0. The molecule has 0 aliphatic carbocycles. The van der Waals surface area contributed by atoms with Crippen LogP contribution in [0.1, 0.15) is 38.1 Å². The number of aromatic nitrogens is 2. The molecule has 1 aliphatic heterocycles. The number of likely N-dealkylation sites (tertiary alicyclic amines) is 1. The molecule has 0 radical (unpaired) electrons. The molecule has 1 N–H and O–H groups in total. The lowest BCUT2D eigenvalue weighted by Gasteiger charge is -2.33. The summed E-state index contributed by atoms with van der Waals surface area (Å²) in [6, 6.07) is 0.631. The minimum Gasteiger partial charge on any atom is -0.308 e. The number of piperidine rings is 1. The summed E-state index contributed by atoms with van der Waals surface area (Å²) in [4.78, 5) is 11.2. The van der Waals surface area contributed by atoms with E-state index >= 15 is 0 Å². The molecule has 4 nitrogen and oxygen atoms in total. The monoisotopic (exact) mass is 262 g/mol. The molecule has 1 aliphatic rings. The number of hydrogen-bond donors (Lipinski definition) is 1. The molecule has 0 aromatic carbocycles. The van der Waals surface area contributed by atoms with Crippen LogP contribution in [0.3, 0.4) is 0 Å². The lowest BCUT2D eigenvalue weighted by atomic mass is 10.0. The van der Waals surface area contributed by atoms with Gasteiger partial charge in [-0.2, -0.15) is 0 Å². The van der Waals surface area contributed by atoms with Crippen LogP contribution >= 0.6 is 0 Å². The molecule has 1 saturated heterocycles. The molecule has 0 amide bonds. The predicted molar refractivity (Wildman–Crippen MR) is 77.9 cm³/mol. The van der Waals surface area contributed by atoms with Crippen molar-refractivity contribution >= 4 is 0 Å². The third-order valence-corrected chi connectivity index (χ3v) is 3.62. The molecular weight excluding hydrogens is 236 g/mol. The maximum Gasteiger partial charge on any atom is 0.0724 e. The Morgan fingerprint density at radius 3 is 2.58 bits per heavy atom. The quantitative estimate of drug-likeness (QED) is 0.881. The summed E-state index contributed by atoms with van der Waals surface area (Å²) >= 11 is 0. The molecule has 2 heterocycles. The third kappa shape index (κ3) is 4.88. The zero-order valence-electron chi connectivity index (χ0n) is 12.4.